The molecule has 6 nitrogen and oxygen atoms in total. The maximum atomic E-state index is 10.0. The summed E-state index contributed by atoms with van der Waals surface area (Å²) in [4.78, 5) is 0. The highest BCUT2D eigenvalue weighted by atomic mass is 32.3. The largest absolute Gasteiger partial charge is 0.507 e. The quantitative estimate of drug-likeness (QED) is 0.406. The number of hydrogen-bond donors (Lipinski definition) is 4. The summed E-state index contributed by atoms with van der Waals surface area (Å²) in [6.45, 7) is 0.764. The van der Waals surface area contributed by atoms with Crippen molar-refractivity contribution < 1.29 is 22.6 Å². The molecular formula is C19H19NO5S. The van der Waals surface area contributed by atoms with E-state index < -0.39 is 10.4 Å². The highest BCUT2D eigenvalue weighted by Crippen LogP contribution is 2.31. The maximum absolute atomic E-state index is 10.0. The Balaban J connectivity index is 0.000000431. The number of benzene rings is 3. The second kappa shape index (κ2) is 9.00. The zero-order valence-electron chi connectivity index (χ0n) is 13.8. The fourth-order valence-corrected chi connectivity index (χ4v) is 2.29. The summed E-state index contributed by atoms with van der Waals surface area (Å²) in [6, 6.07) is 25.8. The Hall–Kier alpha value is -2.87. The summed E-state index contributed by atoms with van der Waals surface area (Å²) in [7, 11) is -4.67. The SMILES string of the molecule is O=S(=O)(O)O.Oc1ccc(NCc2ccccc2)cc1-c1ccccc1. The van der Waals surface area contributed by atoms with Crippen molar-refractivity contribution in [3.63, 3.8) is 0 Å². The molecule has 0 amide bonds. The van der Waals surface area contributed by atoms with Crippen LogP contribution in [0.3, 0.4) is 0 Å². The first kappa shape index (κ1) is 19.5. The van der Waals surface area contributed by atoms with Gasteiger partial charge in [0.2, 0.25) is 0 Å². The van der Waals surface area contributed by atoms with Gasteiger partial charge in [-0.05, 0) is 29.3 Å². The lowest BCUT2D eigenvalue weighted by molar-refractivity contribution is 0.381. The van der Waals surface area contributed by atoms with E-state index in [0.29, 0.717) is 5.75 Å². The lowest BCUT2D eigenvalue weighted by Crippen LogP contribution is -1.99. The summed E-state index contributed by atoms with van der Waals surface area (Å²) >= 11 is 0. The fourth-order valence-electron chi connectivity index (χ4n) is 2.29. The molecule has 0 aliphatic carbocycles. The van der Waals surface area contributed by atoms with Gasteiger partial charge in [0.15, 0.2) is 0 Å². The van der Waals surface area contributed by atoms with Crippen LogP contribution in [0.15, 0.2) is 78.9 Å². The van der Waals surface area contributed by atoms with Crippen LogP contribution in [0.25, 0.3) is 11.1 Å². The molecule has 0 heterocycles. The number of phenols is 1. The van der Waals surface area contributed by atoms with Crippen molar-refractivity contribution in [2.24, 2.45) is 0 Å². The smallest absolute Gasteiger partial charge is 0.394 e. The third-order valence-electron chi connectivity index (χ3n) is 3.42. The van der Waals surface area contributed by atoms with E-state index >= 15 is 0 Å². The molecule has 0 bridgehead atoms. The summed E-state index contributed by atoms with van der Waals surface area (Å²) in [5.74, 6) is 0.298. The highest BCUT2D eigenvalue weighted by molar-refractivity contribution is 7.79. The van der Waals surface area contributed by atoms with Crippen molar-refractivity contribution in [2.45, 2.75) is 6.54 Å². The standard InChI is InChI=1S/C19H17NO.H2O4S/c21-19-12-11-17(20-14-15-7-3-1-4-8-15)13-18(19)16-9-5-2-6-10-16;1-5(2,3)4/h1-13,20-21H,14H2;(H2,1,2,3,4). The minimum Gasteiger partial charge on any atom is -0.507 e. The average molecular weight is 373 g/mol. The molecule has 0 saturated carbocycles. The van der Waals surface area contributed by atoms with Crippen LogP contribution < -0.4 is 5.32 Å². The van der Waals surface area contributed by atoms with Crippen LogP contribution in [-0.2, 0) is 16.9 Å². The second-order valence-electron chi connectivity index (χ2n) is 5.38. The van der Waals surface area contributed by atoms with Crippen LogP contribution in [0.2, 0.25) is 0 Å². The van der Waals surface area contributed by atoms with Gasteiger partial charge in [-0.2, -0.15) is 8.42 Å². The Morgan fingerprint density at radius 2 is 1.35 bits per heavy atom. The van der Waals surface area contributed by atoms with E-state index in [1.807, 2.05) is 60.7 Å². The number of phenolic OH excluding ortho intramolecular Hbond substituents is 1. The van der Waals surface area contributed by atoms with Crippen molar-refractivity contribution in [3.8, 4) is 16.9 Å². The van der Waals surface area contributed by atoms with E-state index in [0.717, 1.165) is 23.4 Å². The Kier molecular flexibility index (Phi) is 6.74. The van der Waals surface area contributed by atoms with Gasteiger partial charge in [-0.25, -0.2) is 0 Å². The van der Waals surface area contributed by atoms with Gasteiger partial charge in [-0.3, -0.25) is 9.11 Å². The van der Waals surface area contributed by atoms with Crippen LogP contribution >= 0.6 is 0 Å². The molecule has 3 rings (SSSR count). The molecule has 0 fully saturated rings. The van der Waals surface area contributed by atoms with E-state index in [9.17, 15) is 5.11 Å². The Bertz CT molecular complexity index is 921. The van der Waals surface area contributed by atoms with E-state index in [2.05, 4.69) is 17.4 Å². The van der Waals surface area contributed by atoms with Gasteiger partial charge in [0.1, 0.15) is 5.75 Å². The minimum atomic E-state index is -4.67. The lowest BCUT2D eigenvalue weighted by Gasteiger charge is -2.10. The highest BCUT2D eigenvalue weighted by Gasteiger charge is 2.05. The van der Waals surface area contributed by atoms with Gasteiger partial charge >= 0.3 is 10.4 Å². The normalized spacial score (nSPS) is 10.5. The monoisotopic (exact) mass is 373 g/mol. The molecule has 4 N–H and O–H groups in total. The lowest BCUT2D eigenvalue weighted by atomic mass is 10.0. The van der Waals surface area contributed by atoms with E-state index in [1.54, 1.807) is 6.07 Å². The zero-order chi connectivity index (χ0) is 19.0. The Morgan fingerprint density at radius 1 is 0.808 bits per heavy atom. The number of rotatable bonds is 4. The summed E-state index contributed by atoms with van der Waals surface area (Å²) < 4.78 is 31.6. The first-order valence-electron chi connectivity index (χ1n) is 7.69. The second-order valence-corrected chi connectivity index (χ2v) is 6.28. The van der Waals surface area contributed by atoms with Crippen LogP contribution in [0.5, 0.6) is 5.75 Å². The molecule has 3 aromatic carbocycles. The number of anilines is 1. The molecular weight excluding hydrogens is 354 g/mol. The molecule has 0 aliphatic rings. The van der Waals surface area contributed by atoms with Crippen LogP contribution in [0.1, 0.15) is 5.56 Å². The van der Waals surface area contributed by atoms with Gasteiger partial charge < -0.3 is 10.4 Å². The first-order chi connectivity index (χ1) is 12.3. The van der Waals surface area contributed by atoms with Crippen molar-refractivity contribution in [3.05, 3.63) is 84.4 Å². The summed E-state index contributed by atoms with van der Waals surface area (Å²) in [5.41, 5.74) is 4.08. The summed E-state index contributed by atoms with van der Waals surface area (Å²) in [6.07, 6.45) is 0. The summed E-state index contributed by atoms with van der Waals surface area (Å²) in [5, 5.41) is 13.4. The van der Waals surface area contributed by atoms with E-state index in [1.165, 1.54) is 5.56 Å². The molecule has 0 spiro atoms. The van der Waals surface area contributed by atoms with Gasteiger partial charge in [-0.1, -0.05) is 60.7 Å². The van der Waals surface area contributed by atoms with Crippen molar-refractivity contribution in [1.82, 2.24) is 0 Å². The topological polar surface area (TPSA) is 107 Å². The van der Waals surface area contributed by atoms with Gasteiger partial charge in [-0.15, -0.1) is 0 Å². The van der Waals surface area contributed by atoms with Gasteiger partial charge in [0.25, 0.3) is 0 Å². The third-order valence-corrected chi connectivity index (χ3v) is 3.42. The predicted octanol–water partition coefficient (Wildman–Crippen LogP) is 4.02. The number of nitrogens with one attached hydrogen (secondary N) is 1. The van der Waals surface area contributed by atoms with Crippen LogP contribution in [-0.4, -0.2) is 22.6 Å². The van der Waals surface area contributed by atoms with Gasteiger partial charge in [0, 0.05) is 17.8 Å². The van der Waals surface area contributed by atoms with Crippen molar-refractivity contribution in [1.29, 1.82) is 0 Å². The molecule has 0 atom stereocenters. The average Bonchev–Trinajstić information content (AvgIpc) is 2.61. The first-order valence-corrected chi connectivity index (χ1v) is 9.09. The molecule has 0 saturated heterocycles. The maximum Gasteiger partial charge on any atom is 0.394 e. The van der Waals surface area contributed by atoms with Crippen LogP contribution in [0, 0.1) is 0 Å². The third kappa shape index (κ3) is 6.94. The molecule has 0 radical (unpaired) electrons. The Morgan fingerprint density at radius 3 is 1.92 bits per heavy atom. The molecule has 0 unspecified atom stereocenters. The Labute approximate surface area is 152 Å². The number of hydrogen-bond acceptors (Lipinski definition) is 4. The molecule has 3 aromatic rings. The molecule has 136 valence electrons. The van der Waals surface area contributed by atoms with Gasteiger partial charge in [0.05, 0.1) is 0 Å². The predicted molar refractivity (Wildman–Crippen MR) is 101 cm³/mol. The van der Waals surface area contributed by atoms with E-state index in [4.69, 9.17) is 17.5 Å². The molecule has 7 heteroatoms. The zero-order valence-corrected chi connectivity index (χ0v) is 14.6. The molecule has 26 heavy (non-hydrogen) atoms. The minimum absolute atomic E-state index is 0.298. The van der Waals surface area contributed by atoms with E-state index in [-0.39, 0.29) is 0 Å². The number of aromatic hydroxyl groups is 1. The molecule has 0 aliphatic heterocycles. The fraction of sp³-hybridized carbons (Fsp3) is 0.0526. The van der Waals surface area contributed by atoms with Crippen molar-refractivity contribution in [2.75, 3.05) is 5.32 Å². The molecule has 0 aromatic heterocycles. The van der Waals surface area contributed by atoms with Crippen LogP contribution in [0.4, 0.5) is 5.69 Å². The van der Waals surface area contributed by atoms with Crippen molar-refractivity contribution >= 4 is 16.1 Å².